The van der Waals surface area contributed by atoms with Crippen LogP contribution >= 0.6 is 0 Å². The first-order valence-corrected chi connectivity index (χ1v) is 8.14. The van der Waals surface area contributed by atoms with E-state index in [1.807, 2.05) is 7.05 Å². The first-order chi connectivity index (χ1) is 9.98. The third kappa shape index (κ3) is 2.59. The van der Waals surface area contributed by atoms with Crippen LogP contribution < -0.4 is 5.63 Å². The van der Waals surface area contributed by atoms with Crippen molar-refractivity contribution in [3.63, 3.8) is 0 Å². The zero-order valence-corrected chi connectivity index (χ0v) is 12.5. The Kier molecular flexibility index (Phi) is 3.56. The van der Waals surface area contributed by atoms with Crippen molar-refractivity contribution < 1.29 is 12.8 Å². The average Bonchev–Trinajstić information content (AvgIpc) is 2.47. The molecule has 21 heavy (non-hydrogen) atoms. The van der Waals surface area contributed by atoms with Crippen molar-refractivity contribution in [1.29, 1.82) is 0 Å². The predicted molar refractivity (Wildman–Crippen MR) is 78.7 cm³/mol. The molecule has 7 heteroatoms. The number of rotatable bonds is 2. The van der Waals surface area contributed by atoms with E-state index < -0.39 is 15.6 Å². The van der Waals surface area contributed by atoms with E-state index in [4.69, 9.17) is 4.42 Å². The Hall–Kier alpha value is -1.70. The van der Waals surface area contributed by atoms with Gasteiger partial charge in [0.25, 0.3) is 0 Å². The molecular formula is C14H16N2O4S. The van der Waals surface area contributed by atoms with Crippen LogP contribution in [0.15, 0.2) is 44.4 Å². The maximum atomic E-state index is 12.6. The second-order valence-corrected chi connectivity index (χ2v) is 7.05. The molecule has 0 aliphatic carbocycles. The van der Waals surface area contributed by atoms with E-state index in [1.54, 1.807) is 24.3 Å². The number of piperazine rings is 1. The van der Waals surface area contributed by atoms with Crippen LogP contribution in [-0.4, -0.2) is 50.8 Å². The van der Waals surface area contributed by atoms with Gasteiger partial charge in [0, 0.05) is 31.6 Å². The van der Waals surface area contributed by atoms with Gasteiger partial charge < -0.3 is 9.32 Å². The van der Waals surface area contributed by atoms with Crippen LogP contribution in [0.25, 0.3) is 11.0 Å². The molecule has 112 valence electrons. The molecule has 1 aromatic carbocycles. The summed E-state index contributed by atoms with van der Waals surface area (Å²) >= 11 is 0. The van der Waals surface area contributed by atoms with Crippen LogP contribution in [0.1, 0.15) is 0 Å². The van der Waals surface area contributed by atoms with E-state index >= 15 is 0 Å². The van der Waals surface area contributed by atoms with Gasteiger partial charge in [-0.15, -0.1) is 0 Å². The Morgan fingerprint density at radius 1 is 1.10 bits per heavy atom. The van der Waals surface area contributed by atoms with E-state index in [0.29, 0.717) is 37.1 Å². The first kappa shape index (κ1) is 14.2. The van der Waals surface area contributed by atoms with Gasteiger partial charge in [0.1, 0.15) is 5.58 Å². The molecule has 0 N–H and O–H groups in total. The van der Waals surface area contributed by atoms with Crippen LogP contribution in [0.5, 0.6) is 0 Å². The summed E-state index contributed by atoms with van der Waals surface area (Å²) in [4.78, 5) is 13.8. The van der Waals surface area contributed by atoms with Crippen LogP contribution in [0.3, 0.4) is 0 Å². The molecule has 0 spiro atoms. The lowest BCUT2D eigenvalue weighted by Crippen LogP contribution is -2.47. The quantitative estimate of drug-likeness (QED) is 0.765. The van der Waals surface area contributed by atoms with Gasteiger partial charge in [0.2, 0.25) is 10.0 Å². The van der Waals surface area contributed by atoms with Gasteiger partial charge >= 0.3 is 5.63 Å². The fourth-order valence-corrected chi connectivity index (χ4v) is 3.84. The van der Waals surface area contributed by atoms with Gasteiger partial charge in [-0.3, -0.25) is 0 Å². The lowest BCUT2D eigenvalue weighted by atomic mass is 10.2. The molecule has 0 atom stereocenters. The summed E-state index contributed by atoms with van der Waals surface area (Å²) in [6.45, 7) is 2.06. The van der Waals surface area contributed by atoms with E-state index in [9.17, 15) is 13.2 Å². The highest BCUT2D eigenvalue weighted by molar-refractivity contribution is 7.89. The maximum absolute atomic E-state index is 12.6. The lowest BCUT2D eigenvalue weighted by molar-refractivity contribution is 0.222. The topological polar surface area (TPSA) is 70.8 Å². The summed E-state index contributed by atoms with van der Waals surface area (Å²) in [5, 5.41) is 0.602. The molecule has 0 bridgehead atoms. The van der Waals surface area contributed by atoms with Crippen molar-refractivity contribution in [1.82, 2.24) is 9.21 Å². The number of para-hydroxylation sites is 1. The van der Waals surface area contributed by atoms with Crippen LogP contribution in [0.2, 0.25) is 0 Å². The summed E-state index contributed by atoms with van der Waals surface area (Å²) in [5.41, 5.74) is -0.424. The van der Waals surface area contributed by atoms with Crippen molar-refractivity contribution in [3.8, 4) is 0 Å². The number of sulfonamides is 1. The second-order valence-electron chi connectivity index (χ2n) is 5.14. The molecule has 6 nitrogen and oxygen atoms in total. The monoisotopic (exact) mass is 308 g/mol. The van der Waals surface area contributed by atoms with Crippen LogP contribution in [0.4, 0.5) is 0 Å². The zero-order valence-electron chi connectivity index (χ0n) is 11.7. The Bertz CT molecular complexity index is 820. The molecular weight excluding hydrogens is 292 g/mol. The summed E-state index contributed by atoms with van der Waals surface area (Å²) in [7, 11) is -1.87. The molecule has 0 radical (unpaired) electrons. The average molecular weight is 308 g/mol. The normalized spacial score (nSPS) is 18.1. The Balaban J connectivity index is 2.06. The molecule has 1 aromatic heterocycles. The molecule has 3 rings (SSSR count). The number of benzene rings is 1. The van der Waals surface area contributed by atoms with Crippen molar-refractivity contribution in [3.05, 3.63) is 40.8 Å². The van der Waals surface area contributed by atoms with Crippen molar-refractivity contribution in [2.24, 2.45) is 0 Å². The van der Waals surface area contributed by atoms with Crippen LogP contribution in [0, 0.1) is 0 Å². The van der Waals surface area contributed by atoms with Crippen molar-refractivity contribution in [2.45, 2.75) is 4.90 Å². The largest absolute Gasteiger partial charge is 0.422 e. The molecule has 2 aromatic rings. The smallest absolute Gasteiger partial charge is 0.356 e. The highest BCUT2D eigenvalue weighted by Gasteiger charge is 2.30. The number of hydrogen-bond acceptors (Lipinski definition) is 5. The lowest BCUT2D eigenvalue weighted by Gasteiger charge is -2.31. The van der Waals surface area contributed by atoms with E-state index in [0.717, 1.165) is 0 Å². The number of hydrogen-bond donors (Lipinski definition) is 0. The minimum absolute atomic E-state index is 0.286. The standard InChI is InChI=1S/C14H16N2O4S/c1-15-6-8-16(9-7-15)21(18,19)13-10-11-4-2-3-5-12(11)20-14(13)17/h2-5,10H,6-9H2,1H3. The minimum Gasteiger partial charge on any atom is -0.422 e. The van der Waals surface area contributed by atoms with Gasteiger partial charge in [-0.05, 0) is 19.2 Å². The molecule has 2 heterocycles. The second kappa shape index (κ2) is 5.25. The third-order valence-corrected chi connectivity index (χ3v) is 5.57. The Labute approximate surface area is 122 Å². The molecule has 1 fully saturated rings. The van der Waals surface area contributed by atoms with Crippen molar-refractivity contribution >= 4 is 21.0 Å². The van der Waals surface area contributed by atoms with Gasteiger partial charge in [-0.1, -0.05) is 18.2 Å². The Morgan fingerprint density at radius 3 is 2.48 bits per heavy atom. The predicted octanol–water partition coefficient (Wildman–Crippen LogP) is 0.729. The van der Waals surface area contributed by atoms with Gasteiger partial charge in [-0.2, -0.15) is 4.31 Å². The number of fused-ring (bicyclic) bond motifs is 1. The SMILES string of the molecule is CN1CCN(S(=O)(=O)c2cc3ccccc3oc2=O)CC1. The van der Waals surface area contributed by atoms with E-state index in [-0.39, 0.29) is 4.90 Å². The summed E-state index contributed by atoms with van der Waals surface area (Å²) in [6, 6.07) is 8.27. The number of nitrogens with zero attached hydrogens (tertiary/aromatic N) is 2. The highest BCUT2D eigenvalue weighted by Crippen LogP contribution is 2.19. The fraction of sp³-hybridized carbons (Fsp3) is 0.357. The molecule has 1 aliphatic rings. The van der Waals surface area contributed by atoms with Gasteiger partial charge in [0.05, 0.1) is 0 Å². The summed E-state index contributed by atoms with van der Waals surface area (Å²) in [5.74, 6) is 0. The van der Waals surface area contributed by atoms with Gasteiger partial charge in [-0.25, -0.2) is 13.2 Å². The highest BCUT2D eigenvalue weighted by atomic mass is 32.2. The van der Waals surface area contributed by atoms with Crippen LogP contribution in [-0.2, 0) is 10.0 Å². The molecule has 0 amide bonds. The number of likely N-dealkylation sites (N-methyl/N-ethyl adjacent to an activating group) is 1. The van der Waals surface area contributed by atoms with E-state index in [1.165, 1.54) is 10.4 Å². The van der Waals surface area contributed by atoms with E-state index in [2.05, 4.69) is 4.90 Å². The van der Waals surface area contributed by atoms with Gasteiger partial charge in [0.15, 0.2) is 4.90 Å². The summed E-state index contributed by atoms with van der Waals surface area (Å²) < 4.78 is 31.7. The zero-order chi connectivity index (χ0) is 15.0. The third-order valence-electron chi connectivity index (χ3n) is 3.69. The minimum atomic E-state index is -3.81. The van der Waals surface area contributed by atoms with Crippen molar-refractivity contribution in [2.75, 3.05) is 33.2 Å². The summed E-state index contributed by atoms with van der Waals surface area (Å²) in [6.07, 6.45) is 0. The first-order valence-electron chi connectivity index (χ1n) is 6.70. The Morgan fingerprint density at radius 2 is 1.76 bits per heavy atom. The molecule has 1 aliphatic heterocycles. The molecule has 1 saturated heterocycles. The molecule has 0 saturated carbocycles. The maximum Gasteiger partial charge on any atom is 0.356 e. The molecule has 0 unspecified atom stereocenters. The fourth-order valence-electron chi connectivity index (χ4n) is 2.39.